The monoisotopic (exact) mass is 279 g/mol. The normalized spacial score (nSPS) is 30.3. The van der Waals surface area contributed by atoms with Crippen LogP contribution in [0.5, 0.6) is 0 Å². The molecule has 2 atom stereocenters. The summed E-state index contributed by atoms with van der Waals surface area (Å²) in [6.45, 7) is 6.34. The van der Waals surface area contributed by atoms with E-state index < -0.39 is 0 Å². The van der Waals surface area contributed by atoms with E-state index in [9.17, 15) is 0 Å². The van der Waals surface area contributed by atoms with E-state index >= 15 is 0 Å². The van der Waals surface area contributed by atoms with Gasteiger partial charge in [0.05, 0.1) is 6.61 Å². The van der Waals surface area contributed by atoms with Crippen molar-refractivity contribution in [2.24, 2.45) is 0 Å². The van der Waals surface area contributed by atoms with E-state index in [0.29, 0.717) is 0 Å². The number of fused-ring (bicyclic) bond motifs is 3. The van der Waals surface area contributed by atoms with Crippen molar-refractivity contribution in [3.05, 3.63) is 65.7 Å². The fourth-order valence-electron chi connectivity index (χ4n) is 4.01. The second-order valence-electron chi connectivity index (χ2n) is 6.50. The molecule has 2 nitrogen and oxygen atoms in total. The molecule has 0 aliphatic carbocycles. The topological polar surface area (TPSA) is 12.5 Å². The summed E-state index contributed by atoms with van der Waals surface area (Å²) in [5.74, 6) is 0. The Labute approximate surface area is 126 Å². The molecule has 0 spiro atoms. The van der Waals surface area contributed by atoms with Crippen LogP contribution >= 0.6 is 0 Å². The molecule has 1 fully saturated rings. The van der Waals surface area contributed by atoms with Crippen LogP contribution in [0.25, 0.3) is 0 Å². The highest BCUT2D eigenvalue weighted by molar-refractivity contribution is 5.66. The maximum atomic E-state index is 6.26. The van der Waals surface area contributed by atoms with Gasteiger partial charge in [0.25, 0.3) is 0 Å². The molecule has 1 saturated heterocycles. The summed E-state index contributed by atoms with van der Waals surface area (Å²) in [6.07, 6.45) is 1.09. The Kier molecular flexibility index (Phi) is 2.67. The van der Waals surface area contributed by atoms with Gasteiger partial charge in [-0.05, 0) is 30.5 Å². The molecule has 0 N–H and O–H groups in total. The number of hydrogen-bond acceptors (Lipinski definition) is 2. The van der Waals surface area contributed by atoms with Crippen molar-refractivity contribution < 1.29 is 4.74 Å². The summed E-state index contributed by atoms with van der Waals surface area (Å²) >= 11 is 0. The highest BCUT2D eigenvalue weighted by Gasteiger charge is 2.60. The van der Waals surface area contributed by atoms with E-state index in [1.807, 2.05) is 0 Å². The Morgan fingerprint density at radius 3 is 2.52 bits per heavy atom. The molecular weight excluding hydrogens is 258 g/mol. The quantitative estimate of drug-likeness (QED) is 0.820. The average Bonchev–Trinajstić information content (AvgIpc) is 2.91. The zero-order valence-corrected chi connectivity index (χ0v) is 12.7. The highest BCUT2D eigenvalue weighted by Crippen LogP contribution is 2.57. The summed E-state index contributed by atoms with van der Waals surface area (Å²) in [5, 5.41) is 0. The molecule has 2 aromatic carbocycles. The number of anilines is 1. The van der Waals surface area contributed by atoms with Crippen molar-refractivity contribution in [1.82, 2.24) is 0 Å². The first-order chi connectivity index (χ1) is 10.2. The Hall–Kier alpha value is -1.80. The van der Waals surface area contributed by atoms with Gasteiger partial charge in [-0.25, -0.2) is 0 Å². The summed E-state index contributed by atoms with van der Waals surface area (Å²) in [5.41, 5.74) is 3.92. The van der Waals surface area contributed by atoms with Crippen LogP contribution in [0.1, 0.15) is 31.4 Å². The lowest BCUT2D eigenvalue weighted by Crippen LogP contribution is -2.52. The minimum atomic E-state index is -0.244. The fourth-order valence-corrected chi connectivity index (χ4v) is 4.01. The van der Waals surface area contributed by atoms with Gasteiger partial charge in [0.1, 0.15) is 5.72 Å². The largest absolute Gasteiger partial charge is 0.355 e. The van der Waals surface area contributed by atoms with Crippen LogP contribution < -0.4 is 4.90 Å². The zero-order chi connectivity index (χ0) is 14.5. The maximum absolute atomic E-state index is 6.26. The second-order valence-corrected chi connectivity index (χ2v) is 6.50. The van der Waals surface area contributed by atoms with Gasteiger partial charge < -0.3 is 9.64 Å². The number of para-hydroxylation sites is 1. The molecule has 0 amide bonds. The summed E-state index contributed by atoms with van der Waals surface area (Å²) in [7, 11) is 0. The first kappa shape index (κ1) is 12.9. The SMILES string of the molecule is C[C@@]12CCO[C@@]1(C)N(Cc1ccccc1)c1ccccc12. The number of nitrogens with zero attached hydrogens (tertiary/aromatic N) is 1. The van der Waals surface area contributed by atoms with E-state index in [-0.39, 0.29) is 11.1 Å². The molecule has 4 rings (SSSR count). The van der Waals surface area contributed by atoms with Crippen molar-refractivity contribution in [2.75, 3.05) is 11.5 Å². The van der Waals surface area contributed by atoms with Gasteiger partial charge >= 0.3 is 0 Å². The van der Waals surface area contributed by atoms with Crippen molar-refractivity contribution in [3.8, 4) is 0 Å². The molecule has 2 aromatic rings. The first-order valence-electron chi connectivity index (χ1n) is 7.70. The Morgan fingerprint density at radius 2 is 1.71 bits per heavy atom. The zero-order valence-electron chi connectivity index (χ0n) is 12.7. The lowest BCUT2D eigenvalue weighted by atomic mass is 9.76. The Bertz CT molecular complexity index is 668. The van der Waals surface area contributed by atoms with Crippen LogP contribution in [0.3, 0.4) is 0 Å². The number of ether oxygens (including phenoxy) is 1. The van der Waals surface area contributed by atoms with Gasteiger partial charge in [0, 0.05) is 17.6 Å². The lowest BCUT2D eigenvalue weighted by Gasteiger charge is -2.41. The average molecular weight is 279 g/mol. The third kappa shape index (κ3) is 1.63. The van der Waals surface area contributed by atoms with Crippen LogP contribution in [0.15, 0.2) is 54.6 Å². The van der Waals surface area contributed by atoms with Gasteiger partial charge in [-0.3, -0.25) is 0 Å². The molecule has 2 heterocycles. The van der Waals surface area contributed by atoms with Gasteiger partial charge in [0.15, 0.2) is 0 Å². The van der Waals surface area contributed by atoms with Crippen LogP contribution in [0, 0.1) is 0 Å². The lowest BCUT2D eigenvalue weighted by molar-refractivity contribution is -0.00899. The van der Waals surface area contributed by atoms with Gasteiger partial charge in [0.2, 0.25) is 0 Å². The summed E-state index contributed by atoms with van der Waals surface area (Å²) < 4.78 is 6.26. The van der Waals surface area contributed by atoms with Gasteiger partial charge in [-0.2, -0.15) is 0 Å². The molecule has 0 bridgehead atoms. The molecule has 2 aliphatic rings. The molecule has 108 valence electrons. The molecule has 0 unspecified atom stereocenters. The summed E-state index contributed by atoms with van der Waals surface area (Å²) in [4.78, 5) is 2.45. The number of benzene rings is 2. The van der Waals surface area contributed by atoms with E-state index in [2.05, 4.69) is 73.3 Å². The second kappa shape index (κ2) is 4.35. The van der Waals surface area contributed by atoms with Gasteiger partial charge in [-0.15, -0.1) is 0 Å². The van der Waals surface area contributed by atoms with Gasteiger partial charge in [-0.1, -0.05) is 55.5 Å². The minimum absolute atomic E-state index is 0.0817. The highest BCUT2D eigenvalue weighted by atomic mass is 16.5. The van der Waals surface area contributed by atoms with Crippen molar-refractivity contribution in [1.29, 1.82) is 0 Å². The van der Waals surface area contributed by atoms with Crippen LogP contribution in [-0.4, -0.2) is 12.3 Å². The maximum Gasteiger partial charge on any atom is 0.148 e. The van der Waals surface area contributed by atoms with Crippen molar-refractivity contribution in [2.45, 2.75) is 38.0 Å². The summed E-state index contributed by atoms with van der Waals surface area (Å²) in [6, 6.07) is 19.4. The van der Waals surface area contributed by atoms with Crippen LogP contribution in [-0.2, 0) is 16.7 Å². The Morgan fingerprint density at radius 1 is 1.00 bits per heavy atom. The smallest absolute Gasteiger partial charge is 0.148 e. The standard InChI is InChI=1S/C19H21NO/c1-18-12-13-21-19(18,2)20(14-15-8-4-3-5-9-15)17-11-7-6-10-16(17)18/h3-11H,12-14H2,1-2H3/t18-,19+/m0/s1. The van der Waals surface area contributed by atoms with E-state index in [1.54, 1.807) is 0 Å². The van der Waals surface area contributed by atoms with Crippen LogP contribution in [0.4, 0.5) is 5.69 Å². The predicted molar refractivity (Wildman–Crippen MR) is 85.4 cm³/mol. The number of rotatable bonds is 2. The van der Waals surface area contributed by atoms with E-state index in [0.717, 1.165) is 19.6 Å². The third-order valence-corrected chi connectivity index (χ3v) is 5.50. The Balaban J connectivity index is 1.82. The van der Waals surface area contributed by atoms with Crippen molar-refractivity contribution >= 4 is 5.69 Å². The molecule has 2 aliphatic heterocycles. The van der Waals surface area contributed by atoms with E-state index in [4.69, 9.17) is 4.74 Å². The molecular formula is C19H21NO. The first-order valence-corrected chi connectivity index (χ1v) is 7.70. The molecule has 0 aromatic heterocycles. The van der Waals surface area contributed by atoms with Crippen LogP contribution in [0.2, 0.25) is 0 Å². The number of hydrogen-bond donors (Lipinski definition) is 0. The predicted octanol–water partition coefficient (Wildman–Crippen LogP) is 4.10. The molecule has 0 saturated carbocycles. The minimum Gasteiger partial charge on any atom is -0.355 e. The van der Waals surface area contributed by atoms with E-state index in [1.165, 1.54) is 16.8 Å². The van der Waals surface area contributed by atoms with Crippen molar-refractivity contribution in [3.63, 3.8) is 0 Å². The molecule has 2 heteroatoms. The third-order valence-electron chi connectivity index (χ3n) is 5.50. The molecule has 21 heavy (non-hydrogen) atoms. The fraction of sp³-hybridized carbons (Fsp3) is 0.368. The molecule has 0 radical (unpaired) electrons.